The molecule has 1 aromatic heterocycles. The Morgan fingerprint density at radius 3 is 2.07 bits per heavy atom. The van der Waals surface area contributed by atoms with Crippen LogP contribution in [0.1, 0.15) is 47.7 Å². The van der Waals surface area contributed by atoms with Gasteiger partial charge in [0.2, 0.25) is 11.8 Å². The van der Waals surface area contributed by atoms with Gasteiger partial charge >= 0.3 is 12.4 Å². The summed E-state index contributed by atoms with van der Waals surface area (Å²) in [4.78, 5) is 33.5. The number of carbonyl (C=O) groups is 2. The molecule has 13 heteroatoms. The number of benzene rings is 2. The van der Waals surface area contributed by atoms with E-state index in [1.54, 1.807) is 20.0 Å². The number of alkyl halides is 6. The van der Waals surface area contributed by atoms with Gasteiger partial charge in [0.15, 0.2) is 0 Å². The molecule has 0 radical (unpaired) electrons. The summed E-state index contributed by atoms with van der Waals surface area (Å²) in [6.45, 7) is 3.87. The van der Waals surface area contributed by atoms with Crippen LogP contribution in [0, 0.1) is 18.7 Å². The number of likely N-dealkylation sites (tertiary alicyclic amines) is 1. The Morgan fingerprint density at radius 2 is 1.55 bits per heavy atom. The summed E-state index contributed by atoms with van der Waals surface area (Å²) in [6.07, 6.45) is -8.89. The summed E-state index contributed by atoms with van der Waals surface area (Å²) in [7, 11) is 2.89. The molecule has 0 saturated carbocycles. The van der Waals surface area contributed by atoms with Crippen molar-refractivity contribution in [3.63, 3.8) is 0 Å². The molecule has 3 aromatic rings. The largest absolute Gasteiger partial charge is 0.416 e. The lowest BCUT2D eigenvalue weighted by Gasteiger charge is -2.32. The predicted molar refractivity (Wildman–Crippen MR) is 148 cm³/mol. The lowest BCUT2D eigenvalue weighted by atomic mass is 9.81. The van der Waals surface area contributed by atoms with E-state index in [1.807, 2.05) is 0 Å². The summed E-state index contributed by atoms with van der Waals surface area (Å²) in [5.41, 5.74) is -3.64. The third-order valence-electron chi connectivity index (χ3n) is 8.12. The van der Waals surface area contributed by atoms with Crippen molar-refractivity contribution < 1.29 is 45.4 Å². The minimum Gasteiger partial charge on any atom is -0.396 e. The molecule has 2 aromatic carbocycles. The molecule has 4 rings (SSSR count). The van der Waals surface area contributed by atoms with Gasteiger partial charge in [-0.05, 0) is 73.9 Å². The number of aromatic nitrogens is 1. The summed E-state index contributed by atoms with van der Waals surface area (Å²) < 4.78 is 95.5. The van der Waals surface area contributed by atoms with Crippen LogP contribution in [0.5, 0.6) is 0 Å². The topological polar surface area (TPSA) is 73.7 Å². The van der Waals surface area contributed by atoms with Crippen molar-refractivity contribution in [2.75, 3.05) is 32.1 Å². The number of aliphatic hydroxyl groups excluding tert-OH is 1. The Hall–Kier alpha value is -4.00. The smallest absolute Gasteiger partial charge is 0.396 e. The van der Waals surface area contributed by atoms with Crippen molar-refractivity contribution in [3.8, 4) is 11.1 Å². The monoisotopic (exact) mass is 625 g/mol. The van der Waals surface area contributed by atoms with Gasteiger partial charge in [0.05, 0.1) is 41.0 Å². The Balaban J connectivity index is 1.85. The van der Waals surface area contributed by atoms with E-state index >= 15 is 0 Å². The summed E-state index contributed by atoms with van der Waals surface area (Å²) in [6, 6.07) is 6.56. The van der Waals surface area contributed by atoms with Crippen molar-refractivity contribution in [2.24, 2.45) is 5.92 Å². The number of amides is 2. The zero-order valence-electron chi connectivity index (χ0n) is 24.4. The van der Waals surface area contributed by atoms with E-state index in [-0.39, 0.29) is 24.2 Å². The van der Waals surface area contributed by atoms with Crippen LogP contribution in [0.2, 0.25) is 0 Å². The Labute approximate surface area is 249 Å². The molecule has 0 aliphatic carbocycles. The highest BCUT2D eigenvalue weighted by molar-refractivity contribution is 6.03. The molecule has 0 bridgehead atoms. The minimum atomic E-state index is -5.10. The zero-order valence-corrected chi connectivity index (χ0v) is 24.4. The maximum atomic E-state index is 14.0. The second-order valence-corrected chi connectivity index (χ2v) is 11.5. The lowest BCUT2D eigenvalue weighted by Crippen LogP contribution is -2.42. The normalized spacial score (nSPS) is 17.8. The highest BCUT2D eigenvalue weighted by atomic mass is 19.4. The van der Waals surface area contributed by atoms with Gasteiger partial charge in [-0.15, -0.1) is 0 Å². The number of carbonyl (C=O) groups excluding carboxylic acids is 2. The Morgan fingerprint density at radius 1 is 0.977 bits per heavy atom. The molecule has 1 saturated heterocycles. The first-order chi connectivity index (χ1) is 20.3. The molecule has 1 N–H and O–H groups in total. The standard InChI is InChI=1S/C31H30F7N3O3/c1-16-8-20(32)6-7-21(16)22-12-25(23-14-40(4)27(43)24(23)15-42)39-13-26(22)41(5)28(44)29(2,3)17-9-18(30(33,34)35)11-19(10-17)31(36,37)38/h6-13,23-24,42H,14-15H2,1-5H3/t23-,24-/m1/s1. The number of anilines is 1. The molecule has 1 aliphatic heterocycles. The summed E-state index contributed by atoms with van der Waals surface area (Å²) >= 11 is 0. The van der Waals surface area contributed by atoms with Crippen molar-refractivity contribution in [2.45, 2.75) is 44.5 Å². The fourth-order valence-electron chi connectivity index (χ4n) is 5.52. The highest BCUT2D eigenvalue weighted by Crippen LogP contribution is 2.42. The zero-order chi connectivity index (χ0) is 32.9. The molecule has 6 nitrogen and oxygen atoms in total. The fourth-order valence-corrected chi connectivity index (χ4v) is 5.52. The van der Waals surface area contributed by atoms with Crippen molar-refractivity contribution >= 4 is 17.5 Å². The molecule has 44 heavy (non-hydrogen) atoms. The number of aliphatic hydroxyl groups is 1. The van der Waals surface area contributed by atoms with Crippen LogP contribution in [-0.4, -0.2) is 54.1 Å². The number of rotatable bonds is 6. The molecule has 2 amide bonds. The summed E-state index contributed by atoms with van der Waals surface area (Å²) in [5, 5.41) is 9.89. The quantitative estimate of drug-likeness (QED) is 0.325. The first-order valence-corrected chi connectivity index (χ1v) is 13.5. The lowest BCUT2D eigenvalue weighted by molar-refractivity contribution is -0.143. The molecule has 0 spiro atoms. The van der Waals surface area contributed by atoms with Crippen LogP contribution >= 0.6 is 0 Å². The van der Waals surface area contributed by atoms with Crippen molar-refractivity contribution in [1.82, 2.24) is 9.88 Å². The van der Waals surface area contributed by atoms with Crippen LogP contribution in [0.15, 0.2) is 48.7 Å². The van der Waals surface area contributed by atoms with Gasteiger partial charge in [0, 0.05) is 37.8 Å². The van der Waals surface area contributed by atoms with Crippen LogP contribution < -0.4 is 4.90 Å². The molecule has 2 heterocycles. The van der Waals surface area contributed by atoms with E-state index in [0.717, 1.165) is 4.90 Å². The van der Waals surface area contributed by atoms with E-state index in [9.17, 15) is 45.4 Å². The molecule has 0 unspecified atom stereocenters. The van der Waals surface area contributed by atoms with Gasteiger partial charge in [0.1, 0.15) is 5.82 Å². The molecular weight excluding hydrogens is 595 g/mol. The molecule has 1 fully saturated rings. The second-order valence-electron chi connectivity index (χ2n) is 11.5. The van der Waals surface area contributed by atoms with Gasteiger partial charge in [-0.3, -0.25) is 14.6 Å². The molecule has 1 aliphatic rings. The maximum absolute atomic E-state index is 14.0. The Bertz CT molecular complexity index is 1570. The van der Waals surface area contributed by atoms with Gasteiger partial charge in [-0.1, -0.05) is 6.07 Å². The predicted octanol–water partition coefficient (Wildman–Crippen LogP) is 6.34. The molecular formula is C31H30F7N3O3. The van der Waals surface area contributed by atoms with Gasteiger partial charge in [-0.25, -0.2) is 4.39 Å². The van der Waals surface area contributed by atoms with Crippen LogP contribution in [0.4, 0.5) is 36.4 Å². The first-order valence-electron chi connectivity index (χ1n) is 13.5. The average Bonchev–Trinajstić information content (AvgIpc) is 3.23. The number of hydrogen-bond acceptors (Lipinski definition) is 4. The van der Waals surface area contributed by atoms with Gasteiger partial charge < -0.3 is 14.9 Å². The van der Waals surface area contributed by atoms with E-state index in [0.29, 0.717) is 34.5 Å². The summed E-state index contributed by atoms with van der Waals surface area (Å²) in [5.74, 6) is -2.95. The average molecular weight is 626 g/mol. The van der Waals surface area contributed by atoms with E-state index in [2.05, 4.69) is 4.98 Å². The Kier molecular flexibility index (Phi) is 8.59. The third-order valence-corrected chi connectivity index (χ3v) is 8.12. The maximum Gasteiger partial charge on any atom is 0.416 e. The first kappa shape index (κ1) is 32.9. The van der Waals surface area contributed by atoms with Crippen molar-refractivity contribution in [1.29, 1.82) is 0 Å². The number of hydrogen-bond donors (Lipinski definition) is 1. The van der Waals surface area contributed by atoms with Crippen LogP contribution in [-0.2, 0) is 27.4 Å². The minimum absolute atomic E-state index is 0.00330. The fraction of sp³-hybridized carbons (Fsp3) is 0.387. The SMILES string of the molecule is Cc1cc(F)ccc1-c1cc([C@@H]2CN(C)C(=O)[C@@H]2CO)ncc1N(C)C(=O)C(C)(C)c1cc(C(F)(F)F)cc(C(F)(F)F)c1. The number of aryl methyl sites for hydroxylation is 1. The van der Waals surface area contributed by atoms with E-state index < -0.39 is 64.6 Å². The third kappa shape index (κ3) is 6.15. The van der Waals surface area contributed by atoms with Crippen LogP contribution in [0.25, 0.3) is 11.1 Å². The van der Waals surface area contributed by atoms with E-state index in [1.165, 1.54) is 50.2 Å². The van der Waals surface area contributed by atoms with E-state index in [4.69, 9.17) is 0 Å². The highest BCUT2D eigenvalue weighted by Gasteiger charge is 2.42. The van der Waals surface area contributed by atoms with Gasteiger partial charge in [-0.2, -0.15) is 26.3 Å². The molecule has 236 valence electrons. The van der Waals surface area contributed by atoms with Crippen molar-refractivity contribution in [3.05, 3.63) is 82.4 Å². The van der Waals surface area contributed by atoms with Crippen LogP contribution in [0.3, 0.4) is 0 Å². The number of likely N-dealkylation sites (N-methyl/N-ethyl adjacent to an activating group) is 2. The molecule has 2 atom stereocenters. The van der Waals surface area contributed by atoms with Gasteiger partial charge in [0.25, 0.3) is 0 Å². The number of nitrogens with zero attached hydrogens (tertiary/aromatic N) is 3. The second kappa shape index (κ2) is 11.5. The number of halogens is 7. The number of pyridine rings is 1.